The lowest BCUT2D eigenvalue weighted by atomic mass is 9.98. The molecule has 1 aliphatic carbocycles. The van der Waals surface area contributed by atoms with Crippen LogP contribution in [0.5, 0.6) is 0 Å². The van der Waals surface area contributed by atoms with Crippen LogP contribution in [0.1, 0.15) is 31.2 Å². The Balaban J connectivity index is 2.19. The van der Waals surface area contributed by atoms with E-state index in [2.05, 4.69) is 32.3 Å². The summed E-state index contributed by atoms with van der Waals surface area (Å²) in [6.07, 6.45) is 6.69. The molecule has 1 saturated carbocycles. The molecule has 0 radical (unpaired) electrons. The summed E-state index contributed by atoms with van der Waals surface area (Å²) in [6.45, 7) is 2.71. The molecule has 16 heavy (non-hydrogen) atoms. The maximum atomic E-state index is 5.89. The number of anilines is 1. The van der Waals surface area contributed by atoms with Crippen LogP contribution in [0.3, 0.4) is 0 Å². The van der Waals surface area contributed by atoms with Crippen molar-refractivity contribution in [2.45, 2.75) is 38.1 Å². The number of pyridine rings is 1. The number of nitrogens with two attached hydrogens (primary N) is 1. The van der Waals surface area contributed by atoms with Gasteiger partial charge in [-0.15, -0.1) is 0 Å². The number of aromatic nitrogens is 1. The van der Waals surface area contributed by atoms with E-state index >= 15 is 0 Å². The molecule has 0 amide bonds. The van der Waals surface area contributed by atoms with Crippen LogP contribution in [0.15, 0.2) is 16.7 Å². The van der Waals surface area contributed by atoms with Crippen LogP contribution in [0.2, 0.25) is 0 Å². The fourth-order valence-corrected chi connectivity index (χ4v) is 2.87. The van der Waals surface area contributed by atoms with Gasteiger partial charge < -0.3 is 11.1 Å². The average Bonchev–Trinajstić information content (AvgIpc) is 2.72. The van der Waals surface area contributed by atoms with Crippen molar-refractivity contribution in [3.63, 3.8) is 0 Å². The fourth-order valence-electron chi connectivity index (χ4n) is 2.31. The van der Waals surface area contributed by atoms with E-state index in [0.717, 1.165) is 28.7 Å². The molecular weight excluding hydrogens is 266 g/mol. The van der Waals surface area contributed by atoms with Crippen LogP contribution in [-0.4, -0.2) is 17.1 Å². The van der Waals surface area contributed by atoms with Crippen molar-refractivity contribution in [3.05, 3.63) is 22.3 Å². The molecule has 1 aromatic heterocycles. The predicted octanol–water partition coefficient (Wildman–Crippen LogP) is 2.84. The summed E-state index contributed by atoms with van der Waals surface area (Å²) in [4.78, 5) is 4.42. The minimum atomic E-state index is 0.0603. The second kappa shape index (κ2) is 4.72. The molecule has 1 aliphatic rings. The molecule has 0 saturated heterocycles. The Kier molecular flexibility index (Phi) is 3.50. The minimum Gasteiger partial charge on any atom is -0.362 e. The van der Waals surface area contributed by atoms with E-state index in [1.54, 1.807) is 0 Å². The smallest absolute Gasteiger partial charge is 0.140 e. The van der Waals surface area contributed by atoms with Gasteiger partial charge in [0.1, 0.15) is 5.82 Å². The molecular formula is C12H18BrN3. The molecule has 0 bridgehead atoms. The molecule has 2 rings (SSSR count). The van der Waals surface area contributed by atoms with Crippen molar-refractivity contribution in [2.24, 2.45) is 5.73 Å². The van der Waals surface area contributed by atoms with Crippen LogP contribution in [0.25, 0.3) is 0 Å². The van der Waals surface area contributed by atoms with Gasteiger partial charge in [-0.3, -0.25) is 0 Å². The molecule has 1 aromatic rings. The van der Waals surface area contributed by atoms with Gasteiger partial charge in [-0.05, 0) is 47.3 Å². The second-order valence-electron chi connectivity index (χ2n) is 4.66. The SMILES string of the molecule is Cc1cnc(NC2(CN)CCCC2)c(Br)c1. The Morgan fingerprint density at radius 2 is 2.19 bits per heavy atom. The molecule has 3 nitrogen and oxygen atoms in total. The second-order valence-corrected chi connectivity index (χ2v) is 5.51. The Morgan fingerprint density at radius 1 is 1.50 bits per heavy atom. The van der Waals surface area contributed by atoms with Crippen LogP contribution >= 0.6 is 15.9 Å². The van der Waals surface area contributed by atoms with E-state index in [9.17, 15) is 0 Å². The highest BCUT2D eigenvalue weighted by atomic mass is 79.9. The number of halogens is 1. The lowest BCUT2D eigenvalue weighted by Gasteiger charge is -2.29. The molecule has 88 valence electrons. The first kappa shape index (κ1) is 11.9. The summed E-state index contributed by atoms with van der Waals surface area (Å²) in [6, 6.07) is 2.08. The van der Waals surface area contributed by atoms with Gasteiger partial charge in [0.15, 0.2) is 0 Å². The molecule has 0 aliphatic heterocycles. The largest absolute Gasteiger partial charge is 0.362 e. The molecule has 0 unspecified atom stereocenters. The maximum Gasteiger partial charge on any atom is 0.140 e. The van der Waals surface area contributed by atoms with E-state index in [1.165, 1.54) is 12.8 Å². The van der Waals surface area contributed by atoms with Gasteiger partial charge in [0, 0.05) is 12.7 Å². The van der Waals surface area contributed by atoms with Crippen molar-refractivity contribution in [2.75, 3.05) is 11.9 Å². The molecule has 0 aromatic carbocycles. The number of hydrogen-bond acceptors (Lipinski definition) is 3. The summed E-state index contributed by atoms with van der Waals surface area (Å²) in [5.74, 6) is 0.915. The third-order valence-electron chi connectivity index (χ3n) is 3.31. The Hall–Kier alpha value is -0.610. The van der Waals surface area contributed by atoms with E-state index < -0.39 is 0 Å². The molecule has 0 atom stereocenters. The molecule has 4 heteroatoms. The van der Waals surface area contributed by atoms with Gasteiger partial charge in [0.25, 0.3) is 0 Å². The Labute approximate surface area is 105 Å². The first-order valence-corrected chi connectivity index (χ1v) is 6.55. The average molecular weight is 284 g/mol. The van der Waals surface area contributed by atoms with Crippen LogP contribution in [-0.2, 0) is 0 Å². The van der Waals surface area contributed by atoms with Crippen LogP contribution < -0.4 is 11.1 Å². The van der Waals surface area contributed by atoms with Gasteiger partial charge in [0.05, 0.1) is 10.0 Å². The highest BCUT2D eigenvalue weighted by Gasteiger charge is 2.32. The highest BCUT2D eigenvalue weighted by Crippen LogP contribution is 2.33. The Morgan fingerprint density at radius 3 is 2.75 bits per heavy atom. The number of aryl methyl sites for hydroxylation is 1. The zero-order valence-corrected chi connectivity index (χ0v) is 11.2. The van der Waals surface area contributed by atoms with E-state index in [0.29, 0.717) is 6.54 Å². The zero-order valence-electron chi connectivity index (χ0n) is 9.59. The lowest BCUT2D eigenvalue weighted by Crippen LogP contribution is -2.43. The van der Waals surface area contributed by atoms with Crippen molar-refractivity contribution < 1.29 is 0 Å². The third-order valence-corrected chi connectivity index (χ3v) is 3.92. The summed E-state index contributed by atoms with van der Waals surface area (Å²) < 4.78 is 1.02. The lowest BCUT2D eigenvalue weighted by molar-refractivity contribution is 0.491. The van der Waals surface area contributed by atoms with Gasteiger partial charge in [-0.25, -0.2) is 4.98 Å². The normalized spacial score (nSPS) is 18.7. The first-order chi connectivity index (χ1) is 7.65. The molecule has 3 N–H and O–H groups in total. The summed E-state index contributed by atoms with van der Waals surface area (Å²) in [5, 5.41) is 3.52. The standard InChI is InChI=1S/C12H18BrN3/c1-9-6-10(13)11(15-7-9)16-12(8-14)4-2-3-5-12/h6-7H,2-5,8,14H2,1H3,(H,15,16). The molecule has 1 heterocycles. The van der Waals surface area contributed by atoms with Crippen LogP contribution in [0.4, 0.5) is 5.82 Å². The van der Waals surface area contributed by atoms with Crippen molar-refractivity contribution in [1.82, 2.24) is 4.98 Å². The van der Waals surface area contributed by atoms with Gasteiger partial charge in [-0.2, -0.15) is 0 Å². The van der Waals surface area contributed by atoms with Gasteiger partial charge in [0.2, 0.25) is 0 Å². The van der Waals surface area contributed by atoms with Gasteiger partial charge in [-0.1, -0.05) is 12.8 Å². The number of rotatable bonds is 3. The van der Waals surface area contributed by atoms with Crippen molar-refractivity contribution in [3.8, 4) is 0 Å². The highest BCUT2D eigenvalue weighted by molar-refractivity contribution is 9.10. The zero-order chi connectivity index (χ0) is 11.6. The summed E-state index contributed by atoms with van der Waals surface area (Å²) >= 11 is 3.54. The minimum absolute atomic E-state index is 0.0603. The summed E-state index contributed by atoms with van der Waals surface area (Å²) in [5.41, 5.74) is 7.11. The number of nitrogens with zero attached hydrogens (tertiary/aromatic N) is 1. The number of hydrogen-bond donors (Lipinski definition) is 2. The van der Waals surface area contributed by atoms with Crippen molar-refractivity contribution >= 4 is 21.7 Å². The quantitative estimate of drug-likeness (QED) is 0.897. The summed E-state index contributed by atoms with van der Waals surface area (Å²) in [7, 11) is 0. The van der Waals surface area contributed by atoms with E-state index in [1.807, 2.05) is 13.1 Å². The number of nitrogens with one attached hydrogen (secondary N) is 1. The maximum absolute atomic E-state index is 5.89. The fraction of sp³-hybridized carbons (Fsp3) is 0.583. The van der Waals surface area contributed by atoms with E-state index in [-0.39, 0.29) is 5.54 Å². The first-order valence-electron chi connectivity index (χ1n) is 5.76. The topological polar surface area (TPSA) is 50.9 Å². The Bertz CT molecular complexity index is 373. The van der Waals surface area contributed by atoms with Gasteiger partial charge >= 0.3 is 0 Å². The molecule has 0 spiro atoms. The third kappa shape index (κ3) is 2.38. The van der Waals surface area contributed by atoms with Crippen molar-refractivity contribution in [1.29, 1.82) is 0 Å². The van der Waals surface area contributed by atoms with E-state index in [4.69, 9.17) is 5.73 Å². The molecule has 1 fully saturated rings. The van der Waals surface area contributed by atoms with Crippen LogP contribution in [0, 0.1) is 6.92 Å². The predicted molar refractivity (Wildman–Crippen MR) is 70.6 cm³/mol. The monoisotopic (exact) mass is 283 g/mol.